The average Bonchev–Trinajstić information content (AvgIpc) is 2.28. The molecule has 0 heterocycles. The Kier molecular flexibility index (Phi) is 4.85. The molecule has 3 N–H and O–H groups in total. The predicted molar refractivity (Wildman–Crippen MR) is 61.9 cm³/mol. The summed E-state index contributed by atoms with van der Waals surface area (Å²) in [4.78, 5) is 11.3. The van der Waals surface area contributed by atoms with Crippen LogP contribution in [0.25, 0.3) is 0 Å². The number of nitrogens with two attached hydrogens (primary N) is 1. The number of hydrogen-bond acceptors (Lipinski definition) is 4. The first-order chi connectivity index (χ1) is 8.43. The van der Waals surface area contributed by atoms with Crippen LogP contribution in [-0.4, -0.2) is 25.7 Å². The largest absolute Gasteiger partial charge is 0.493 e. The van der Waals surface area contributed by atoms with Gasteiger partial charge in [-0.1, -0.05) is 0 Å². The molecule has 100 valence electrons. The molecule has 0 spiro atoms. The van der Waals surface area contributed by atoms with Crippen molar-refractivity contribution < 1.29 is 23.0 Å². The predicted octanol–water partition coefficient (Wildman–Crippen LogP) is 1.58. The van der Waals surface area contributed by atoms with Crippen molar-refractivity contribution in [2.45, 2.75) is 19.6 Å². The van der Waals surface area contributed by atoms with E-state index in [9.17, 15) is 13.6 Å². The summed E-state index contributed by atoms with van der Waals surface area (Å²) >= 11 is 0. The fourth-order valence-corrected chi connectivity index (χ4v) is 1.20. The van der Waals surface area contributed by atoms with Crippen LogP contribution in [-0.2, 0) is 4.79 Å². The van der Waals surface area contributed by atoms with Crippen LogP contribution in [0.1, 0.15) is 6.92 Å². The molecule has 1 amide bonds. The van der Waals surface area contributed by atoms with E-state index in [1.165, 1.54) is 32.2 Å². The number of amides is 1. The van der Waals surface area contributed by atoms with Crippen LogP contribution in [0.15, 0.2) is 18.2 Å². The van der Waals surface area contributed by atoms with Crippen molar-refractivity contribution >= 4 is 11.6 Å². The third kappa shape index (κ3) is 3.85. The molecular weight excluding hydrogens is 246 g/mol. The number of alkyl halides is 2. The molecular formula is C11H14F2N2O3. The van der Waals surface area contributed by atoms with Crippen molar-refractivity contribution in [2.24, 2.45) is 5.73 Å². The molecule has 0 aromatic heterocycles. The maximum atomic E-state index is 12.2. The lowest BCUT2D eigenvalue weighted by Crippen LogP contribution is -2.32. The molecule has 5 nitrogen and oxygen atoms in total. The molecule has 0 saturated heterocycles. The van der Waals surface area contributed by atoms with Crippen molar-refractivity contribution in [3.05, 3.63) is 18.2 Å². The minimum atomic E-state index is -2.97. The molecule has 0 radical (unpaired) electrons. The standard InChI is InChI=1S/C11H14F2N2O3/c1-6(14)10(16)15-7-3-4-8(17-2)9(5-7)18-11(12)13/h3-6,11H,14H2,1-2H3,(H,15,16)/t6-/m0/s1. The fraction of sp³-hybridized carbons (Fsp3) is 0.364. The number of carbonyl (C=O) groups is 1. The lowest BCUT2D eigenvalue weighted by Gasteiger charge is -2.13. The van der Waals surface area contributed by atoms with Gasteiger partial charge in [0.25, 0.3) is 0 Å². The zero-order valence-electron chi connectivity index (χ0n) is 9.94. The van der Waals surface area contributed by atoms with Crippen molar-refractivity contribution in [3.8, 4) is 11.5 Å². The van der Waals surface area contributed by atoms with Crippen LogP contribution in [0.5, 0.6) is 11.5 Å². The van der Waals surface area contributed by atoms with E-state index in [1.807, 2.05) is 0 Å². The van der Waals surface area contributed by atoms with E-state index < -0.39 is 18.6 Å². The van der Waals surface area contributed by atoms with Crippen molar-refractivity contribution in [2.75, 3.05) is 12.4 Å². The van der Waals surface area contributed by atoms with E-state index in [0.717, 1.165) is 0 Å². The maximum absolute atomic E-state index is 12.2. The van der Waals surface area contributed by atoms with Crippen molar-refractivity contribution in [1.29, 1.82) is 0 Å². The second-order valence-electron chi connectivity index (χ2n) is 3.52. The Morgan fingerprint density at radius 3 is 2.56 bits per heavy atom. The topological polar surface area (TPSA) is 73.6 Å². The smallest absolute Gasteiger partial charge is 0.387 e. The van der Waals surface area contributed by atoms with Crippen LogP contribution in [0.3, 0.4) is 0 Å². The molecule has 0 aliphatic carbocycles. The zero-order valence-corrected chi connectivity index (χ0v) is 9.94. The number of nitrogens with one attached hydrogen (secondary N) is 1. The van der Waals surface area contributed by atoms with E-state index in [0.29, 0.717) is 5.69 Å². The maximum Gasteiger partial charge on any atom is 0.387 e. The van der Waals surface area contributed by atoms with E-state index in [2.05, 4.69) is 10.1 Å². The van der Waals surface area contributed by atoms with Crippen LogP contribution in [0.4, 0.5) is 14.5 Å². The van der Waals surface area contributed by atoms with Gasteiger partial charge < -0.3 is 20.5 Å². The van der Waals surface area contributed by atoms with Gasteiger partial charge in [-0.25, -0.2) is 0 Å². The molecule has 1 atom stereocenters. The van der Waals surface area contributed by atoms with Gasteiger partial charge in [0.1, 0.15) is 0 Å². The van der Waals surface area contributed by atoms with Gasteiger partial charge in [0.2, 0.25) is 5.91 Å². The van der Waals surface area contributed by atoms with E-state index in [1.54, 1.807) is 0 Å². The van der Waals surface area contributed by atoms with Crippen LogP contribution < -0.4 is 20.5 Å². The molecule has 0 aliphatic rings. The summed E-state index contributed by atoms with van der Waals surface area (Å²) in [5, 5.41) is 2.46. The fourth-order valence-electron chi connectivity index (χ4n) is 1.20. The highest BCUT2D eigenvalue weighted by molar-refractivity contribution is 5.94. The number of carbonyl (C=O) groups excluding carboxylic acids is 1. The summed E-state index contributed by atoms with van der Waals surface area (Å²) in [5.41, 5.74) is 5.67. The Balaban J connectivity index is 2.92. The van der Waals surface area contributed by atoms with Crippen LogP contribution >= 0.6 is 0 Å². The molecule has 7 heteroatoms. The SMILES string of the molecule is COc1ccc(NC(=O)[C@H](C)N)cc1OC(F)F. The molecule has 0 unspecified atom stereocenters. The Morgan fingerprint density at radius 2 is 2.06 bits per heavy atom. The summed E-state index contributed by atoms with van der Waals surface area (Å²) in [5.74, 6) is -0.438. The first kappa shape index (κ1) is 14.2. The van der Waals surface area contributed by atoms with E-state index in [-0.39, 0.29) is 11.5 Å². The molecule has 18 heavy (non-hydrogen) atoms. The van der Waals surface area contributed by atoms with Gasteiger partial charge >= 0.3 is 6.61 Å². The quantitative estimate of drug-likeness (QED) is 0.843. The highest BCUT2D eigenvalue weighted by atomic mass is 19.3. The van der Waals surface area contributed by atoms with Crippen LogP contribution in [0.2, 0.25) is 0 Å². The molecule has 0 fully saturated rings. The lowest BCUT2D eigenvalue weighted by atomic mass is 10.2. The Labute approximate surface area is 103 Å². The molecule has 0 aliphatic heterocycles. The molecule has 0 saturated carbocycles. The van der Waals surface area contributed by atoms with Gasteiger partial charge in [-0.15, -0.1) is 0 Å². The number of hydrogen-bond donors (Lipinski definition) is 2. The number of halogens is 2. The highest BCUT2D eigenvalue weighted by Crippen LogP contribution is 2.31. The zero-order chi connectivity index (χ0) is 13.7. The lowest BCUT2D eigenvalue weighted by molar-refractivity contribution is -0.117. The number of ether oxygens (including phenoxy) is 2. The molecule has 1 rings (SSSR count). The van der Waals surface area contributed by atoms with Crippen LogP contribution in [0, 0.1) is 0 Å². The molecule has 1 aromatic rings. The van der Waals surface area contributed by atoms with Gasteiger partial charge in [0, 0.05) is 11.8 Å². The Bertz CT molecular complexity index is 425. The van der Waals surface area contributed by atoms with E-state index in [4.69, 9.17) is 10.5 Å². The number of methoxy groups -OCH3 is 1. The van der Waals surface area contributed by atoms with Gasteiger partial charge in [-0.3, -0.25) is 4.79 Å². The third-order valence-electron chi connectivity index (χ3n) is 2.06. The Morgan fingerprint density at radius 1 is 1.39 bits per heavy atom. The number of anilines is 1. The normalized spacial score (nSPS) is 12.1. The van der Waals surface area contributed by atoms with Gasteiger partial charge in [-0.05, 0) is 19.1 Å². The summed E-state index contributed by atoms with van der Waals surface area (Å²) in [6.45, 7) is -1.46. The van der Waals surface area contributed by atoms with E-state index >= 15 is 0 Å². The summed E-state index contributed by atoms with van der Waals surface area (Å²) in [7, 11) is 1.33. The van der Waals surface area contributed by atoms with Crippen molar-refractivity contribution in [1.82, 2.24) is 0 Å². The molecule has 0 bridgehead atoms. The first-order valence-electron chi connectivity index (χ1n) is 5.13. The summed E-state index contributed by atoms with van der Waals surface area (Å²) in [6, 6.07) is 3.45. The Hall–Kier alpha value is -1.89. The van der Waals surface area contributed by atoms with Crippen molar-refractivity contribution in [3.63, 3.8) is 0 Å². The third-order valence-corrected chi connectivity index (χ3v) is 2.06. The average molecular weight is 260 g/mol. The summed E-state index contributed by atoms with van der Waals surface area (Å²) < 4.78 is 33.5. The second kappa shape index (κ2) is 6.15. The number of rotatable bonds is 5. The second-order valence-corrected chi connectivity index (χ2v) is 3.52. The highest BCUT2D eigenvalue weighted by Gasteiger charge is 2.13. The van der Waals surface area contributed by atoms with Gasteiger partial charge in [-0.2, -0.15) is 8.78 Å². The van der Waals surface area contributed by atoms with Gasteiger partial charge in [0.05, 0.1) is 13.2 Å². The minimum Gasteiger partial charge on any atom is -0.493 e. The number of benzene rings is 1. The summed E-state index contributed by atoms with van der Waals surface area (Å²) in [6.07, 6.45) is 0. The minimum absolute atomic E-state index is 0.147. The first-order valence-corrected chi connectivity index (χ1v) is 5.13. The molecule has 1 aromatic carbocycles. The van der Waals surface area contributed by atoms with Gasteiger partial charge in [0.15, 0.2) is 11.5 Å². The monoisotopic (exact) mass is 260 g/mol.